The van der Waals surface area contributed by atoms with Gasteiger partial charge in [-0.15, -0.1) is 0 Å². The second kappa shape index (κ2) is 8.21. The molecule has 26 heavy (non-hydrogen) atoms. The van der Waals surface area contributed by atoms with E-state index in [1.165, 1.54) is 18.1 Å². The van der Waals surface area contributed by atoms with Crippen LogP contribution in [0.4, 0.5) is 0 Å². The van der Waals surface area contributed by atoms with Crippen molar-refractivity contribution in [3.63, 3.8) is 0 Å². The lowest BCUT2D eigenvalue weighted by Crippen LogP contribution is -2.43. The van der Waals surface area contributed by atoms with E-state index in [0.717, 1.165) is 12.0 Å². The Morgan fingerprint density at radius 3 is 2.46 bits per heavy atom. The van der Waals surface area contributed by atoms with Gasteiger partial charge in [0.15, 0.2) is 0 Å². The summed E-state index contributed by atoms with van der Waals surface area (Å²) < 4.78 is 4.98. The van der Waals surface area contributed by atoms with Crippen molar-refractivity contribution in [2.75, 3.05) is 13.1 Å². The highest BCUT2D eigenvalue weighted by atomic mass is 16.3. The summed E-state index contributed by atoms with van der Waals surface area (Å²) in [5.74, 6) is 0.0273. The quantitative estimate of drug-likeness (QED) is 0.890. The Morgan fingerprint density at radius 2 is 1.88 bits per heavy atom. The van der Waals surface area contributed by atoms with E-state index in [1.807, 2.05) is 0 Å². The molecule has 2 heterocycles. The number of rotatable bonds is 5. The molecule has 0 saturated carbocycles. The van der Waals surface area contributed by atoms with Crippen molar-refractivity contribution in [3.05, 3.63) is 59.5 Å². The maximum absolute atomic E-state index is 12.7. The van der Waals surface area contributed by atoms with Gasteiger partial charge in [0.2, 0.25) is 5.91 Å². The van der Waals surface area contributed by atoms with Crippen molar-refractivity contribution >= 4 is 11.8 Å². The van der Waals surface area contributed by atoms with Crippen LogP contribution in [0.1, 0.15) is 53.7 Å². The summed E-state index contributed by atoms with van der Waals surface area (Å²) in [5, 5.41) is 3.19. The SMILES string of the molecule is CCC(NC(=O)C1CCN(C(=O)c2ccoc2)CC1)c1ccc(C)cc1. The molecule has 0 bridgehead atoms. The van der Waals surface area contributed by atoms with Gasteiger partial charge in [-0.3, -0.25) is 9.59 Å². The number of nitrogens with zero attached hydrogens (tertiary/aromatic N) is 1. The summed E-state index contributed by atoms with van der Waals surface area (Å²) in [6.07, 6.45) is 5.21. The van der Waals surface area contributed by atoms with E-state index in [1.54, 1.807) is 11.0 Å². The third-order valence-corrected chi connectivity index (χ3v) is 5.13. The summed E-state index contributed by atoms with van der Waals surface area (Å²) in [6.45, 7) is 5.34. The molecule has 0 aliphatic carbocycles. The average Bonchev–Trinajstić information content (AvgIpc) is 3.21. The lowest BCUT2D eigenvalue weighted by atomic mass is 9.94. The molecular weight excluding hydrogens is 328 g/mol. The number of hydrogen-bond donors (Lipinski definition) is 1. The monoisotopic (exact) mass is 354 g/mol. The fraction of sp³-hybridized carbons (Fsp3) is 0.429. The van der Waals surface area contributed by atoms with Crippen molar-refractivity contribution in [1.29, 1.82) is 0 Å². The van der Waals surface area contributed by atoms with Gasteiger partial charge in [0.05, 0.1) is 17.9 Å². The van der Waals surface area contributed by atoms with Gasteiger partial charge in [-0.1, -0.05) is 36.8 Å². The summed E-state index contributed by atoms with van der Waals surface area (Å²) in [7, 11) is 0. The first-order valence-electron chi connectivity index (χ1n) is 9.27. The van der Waals surface area contributed by atoms with Gasteiger partial charge in [-0.05, 0) is 37.8 Å². The molecule has 5 nitrogen and oxygen atoms in total. The van der Waals surface area contributed by atoms with E-state index in [4.69, 9.17) is 4.42 Å². The van der Waals surface area contributed by atoms with Crippen LogP contribution in [0.3, 0.4) is 0 Å². The Hall–Kier alpha value is -2.56. The number of likely N-dealkylation sites (tertiary alicyclic amines) is 1. The molecule has 0 spiro atoms. The van der Waals surface area contributed by atoms with Gasteiger partial charge < -0.3 is 14.6 Å². The van der Waals surface area contributed by atoms with Gasteiger partial charge in [-0.2, -0.15) is 0 Å². The molecule has 1 atom stereocenters. The predicted octanol–water partition coefficient (Wildman–Crippen LogP) is 3.71. The van der Waals surface area contributed by atoms with Crippen LogP contribution in [0.25, 0.3) is 0 Å². The van der Waals surface area contributed by atoms with Crippen LogP contribution in [0.2, 0.25) is 0 Å². The molecule has 1 aliphatic rings. The molecule has 2 amide bonds. The number of hydrogen-bond acceptors (Lipinski definition) is 3. The summed E-state index contributed by atoms with van der Waals surface area (Å²) in [4.78, 5) is 26.8. The minimum atomic E-state index is -0.0390. The highest BCUT2D eigenvalue weighted by Crippen LogP contribution is 2.22. The Morgan fingerprint density at radius 1 is 1.19 bits per heavy atom. The number of carbonyl (C=O) groups excluding carboxylic acids is 2. The summed E-state index contributed by atoms with van der Waals surface area (Å²) in [6, 6.07) is 10.0. The Labute approximate surface area is 154 Å². The van der Waals surface area contributed by atoms with Crippen LogP contribution in [0.5, 0.6) is 0 Å². The number of furan rings is 1. The van der Waals surface area contributed by atoms with Crippen molar-refractivity contribution < 1.29 is 14.0 Å². The Bertz CT molecular complexity index is 729. The first-order valence-corrected chi connectivity index (χ1v) is 9.27. The van der Waals surface area contributed by atoms with Crippen LogP contribution in [0, 0.1) is 12.8 Å². The highest BCUT2D eigenvalue weighted by molar-refractivity contribution is 5.94. The third kappa shape index (κ3) is 4.15. The van der Waals surface area contributed by atoms with Crippen LogP contribution in [-0.4, -0.2) is 29.8 Å². The standard InChI is InChI=1S/C21H26N2O3/c1-3-19(16-6-4-15(2)5-7-16)22-20(24)17-8-11-23(12-9-17)21(25)18-10-13-26-14-18/h4-7,10,13-14,17,19H,3,8-9,11-12H2,1-2H3,(H,22,24). The molecule has 138 valence electrons. The molecular formula is C21H26N2O3. The molecule has 1 aliphatic heterocycles. The van der Waals surface area contributed by atoms with Gasteiger partial charge in [-0.25, -0.2) is 0 Å². The predicted molar refractivity (Wildman–Crippen MR) is 99.7 cm³/mol. The van der Waals surface area contributed by atoms with Crippen molar-refractivity contribution in [1.82, 2.24) is 10.2 Å². The number of aryl methyl sites for hydroxylation is 1. The topological polar surface area (TPSA) is 62.6 Å². The first kappa shape index (κ1) is 18.2. The number of amides is 2. The van der Waals surface area contributed by atoms with Gasteiger partial charge in [0.1, 0.15) is 6.26 Å². The molecule has 1 saturated heterocycles. The molecule has 1 aromatic carbocycles. The zero-order chi connectivity index (χ0) is 18.5. The van der Waals surface area contributed by atoms with Crippen LogP contribution in [0.15, 0.2) is 47.3 Å². The van der Waals surface area contributed by atoms with Gasteiger partial charge in [0.25, 0.3) is 5.91 Å². The van der Waals surface area contributed by atoms with Crippen molar-refractivity contribution in [3.8, 4) is 0 Å². The van der Waals surface area contributed by atoms with E-state index < -0.39 is 0 Å². The van der Waals surface area contributed by atoms with Crippen molar-refractivity contribution in [2.45, 2.75) is 39.2 Å². The first-order chi connectivity index (χ1) is 12.6. The van der Waals surface area contributed by atoms with E-state index in [-0.39, 0.29) is 23.8 Å². The van der Waals surface area contributed by atoms with E-state index >= 15 is 0 Å². The lowest BCUT2D eigenvalue weighted by Gasteiger charge is -2.32. The molecule has 1 N–H and O–H groups in total. The number of nitrogens with one attached hydrogen (secondary N) is 1. The molecule has 2 aromatic rings. The second-order valence-electron chi connectivity index (χ2n) is 6.96. The third-order valence-electron chi connectivity index (χ3n) is 5.13. The molecule has 3 rings (SSSR count). The Kier molecular flexibility index (Phi) is 5.76. The highest BCUT2D eigenvalue weighted by Gasteiger charge is 2.29. The van der Waals surface area contributed by atoms with Crippen LogP contribution in [-0.2, 0) is 4.79 Å². The average molecular weight is 354 g/mol. The molecule has 1 fully saturated rings. The maximum atomic E-state index is 12.7. The van der Waals surface area contributed by atoms with Crippen LogP contribution < -0.4 is 5.32 Å². The smallest absolute Gasteiger partial charge is 0.257 e. The normalized spacial score (nSPS) is 16.3. The van der Waals surface area contributed by atoms with E-state index in [9.17, 15) is 9.59 Å². The minimum Gasteiger partial charge on any atom is -0.472 e. The number of carbonyl (C=O) groups is 2. The summed E-state index contributed by atoms with van der Waals surface area (Å²) >= 11 is 0. The fourth-order valence-electron chi connectivity index (χ4n) is 3.42. The van der Waals surface area contributed by atoms with Crippen LogP contribution >= 0.6 is 0 Å². The van der Waals surface area contributed by atoms with E-state index in [2.05, 4.69) is 43.4 Å². The minimum absolute atomic E-state index is 0.0244. The second-order valence-corrected chi connectivity index (χ2v) is 6.96. The molecule has 1 unspecified atom stereocenters. The van der Waals surface area contributed by atoms with Gasteiger partial charge >= 0.3 is 0 Å². The maximum Gasteiger partial charge on any atom is 0.257 e. The zero-order valence-corrected chi connectivity index (χ0v) is 15.4. The van der Waals surface area contributed by atoms with Crippen molar-refractivity contribution in [2.24, 2.45) is 5.92 Å². The zero-order valence-electron chi connectivity index (χ0n) is 15.4. The largest absolute Gasteiger partial charge is 0.472 e. The molecule has 0 radical (unpaired) electrons. The molecule has 1 aromatic heterocycles. The Balaban J connectivity index is 1.54. The number of piperidine rings is 1. The summed E-state index contributed by atoms with van der Waals surface area (Å²) in [5.41, 5.74) is 2.92. The molecule has 5 heteroatoms. The van der Waals surface area contributed by atoms with Gasteiger partial charge in [0, 0.05) is 19.0 Å². The lowest BCUT2D eigenvalue weighted by molar-refractivity contribution is -0.127. The number of benzene rings is 1. The van der Waals surface area contributed by atoms with E-state index in [0.29, 0.717) is 31.5 Å². The fourth-order valence-corrected chi connectivity index (χ4v) is 3.42.